The van der Waals surface area contributed by atoms with E-state index in [4.69, 9.17) is 0 Å². The van der Waals surface area contributed by atoms with Crippen LogP contribution >= 0.6 is 0 Å². The Morgan fingerprint density at radius 1 is 0.846 bits per heavy atom. The van der Waals surface area contributed by atoms with Crippen molar-refractivity contribution >= 4 is 0 Å². The van der Waals surface area contributed by atoms with Gasteiger partial charge in [-0.2, -0.15) is 0 Å². The smallest absolute Gasteiger partial charge is 0.0323 e. The van der Waals surface area contributed by atoms with Gasteiger partial charge in [0.05, 0.1) is 0 Å². The second-order valence-corrected chi connectivity index (χ2v) is 5.89. The summed E-state index contributed by atoms with van der Waals surface area (Å²) in [4.78, 5) is 0. The third-order valence-corrected chi connectivity index (χ3v) is 4.56. The molecule has 0 aromatic rings. The van der Waals surface area contributed by atoms with Gasteiger partial charge in [-0.1, -0.05) is 52.4 Å². The van der Waals surface area contributed by atoms with E-state index in [1.807, 2.05) is 0 Å². The Bertz CT molecular complexity index is 163. The molecule has 0 aromatic carbocycles. The van der Waals surface area contributed by atoms with Gasteiger partial charge in [0, 0.05) is 0 Å². The van der Waals surface area contributed by atoms with E-state index in [-0.39, 0.29) is 0 Å². The minimum atomic E-state index is 0.669. The highest BCUT2D eigenvalue weighted by Crippen LogP contribution is 2.49. The molecule has 0 saturated heterocycles. The van der Waals surface area contributed by atoms with Gasteiger partial charge in [-0.15, -0.1) is 0 Å². The van der Waals surface area contributed by atoms with E-state index in [0.29, 0.717) is 5.41 Å². The Morgan fingerprint density at radius 3 is 2.08 bits per heavy atom. The molecule has 0 amide bonds. The average Bonchev–Trinajstić information content (AvgIpc) is 2.47. The zero-order valence-corrected chi connectivity index (χ0v) is 9.31. The molecule has 1 atom stereocenters. The molecule has 0 spiro atoms. The summed E-state index contributed by atoms with van der Waals surface area (Å²) in [6, 6.07) is 0. The van der Waals surface area contributed by atoms with E-state index in [0.717, 1.165) is 11.8 Å². The predicted molar refractivity (Wildman–Crippen MR) is 57.7 cm³/mol. The molecular formula is C13H24. The molecule has 0 heteroatoms. The fourth-order valence-electron chi connectivity index (χ4n) is 3.76. The predicted octanol–water partition coefficient (Wildman–Crippen LogP) is 4.39. The lowest BCUT2D eigenvalue weighted by Crippen LogP contribution is -2.27. The van der Waals surface area contributed by atoms with Crippen LogP contribution in [0.5, 0.6) is 0 Å². The van der Waals surface area contributed by atoms with Crippen LogP contribution in [-0.2, 0) is 0 Å². The first kappa shape index (κ1) is 9.55. The molecular weight excluding hydrogens is 156 g/mol. The summed E-state index contributed by atoms with van der Waals surface area (Å²) < 4.78 is 0. The maximum absolute atomic E-state index is 2.50. The van der Waals surface area contributed by atoms with Crippen molar-refractivity contribution in [2.45, 2.75) is 65.2 Å². The quantitative estimate of drug-likeness (QED) is 0.561. The van der Waals surface area contributed by atoms with Crippen molar-refractivity contribution in [3.63, 3.8) is 0 Å². The Hall–Kier alpha value is 0. The zero-order chi connectivity index (χ0) is 9.31. The second kappa shape index (κ2) is 3.63. The zero-order valence-electron chi connectivity index (χ0n) is 9.31. The van der Waals surface area contributed by atoms with Gasteiger partial charge in [0.2, 0.25) is 0 Å². The molecule has 2 fully saturated rings. The number of hydrogen-bond donors (Lipinski definition) is 0. The first-order valence-electron chi connectivity index (χ1n) is 6.20. The van der Waals surface area contributed by atoms with E-state index in [9.17, 15) is 0 Å². The molecule has 2 aliphatic rings. The minimum absolute atomic E-state index is 0.669. The van der Waals surface area contributed by atoms with E-state index in [1.54, 1.807) is 0 Å². The molecule has 2 rings (SSSR count). The van der Waals surface area contributed by atoms with Crippen LogP contribution in [0.25, 0.3) is 0 Å². The van der Waals surface area contributed by atoms with Crippen LogP contribution in [-0.4, -0.2) is 0 Å². The third-order valence-electron chi connectivity index (χ3n) is 4.56. The highest BCUT2D eigenvalue weighted by atomic mass is 14.4. The maximum Gasteiger partial charge on any atom is -0.0323 e. The molecule has 0 radical (unpaired) electrons. The van der Waals surface area contributed by atoms with Crippen molar-refractivity contribution < 1.29 is 0 Å². The third kappa shape index (κ3) is 1.92. The SMILES string of the molecule is CC1(C)CCCC1C1CCCCC1. The average molecular weight is 180 g/mol. The van der Waals surface area contributed by atoms with Crippen molar-refractivity contribution in [1.82, 2.24) is 0 Å². The molecule has 0 bridgehead atoms. The van der Waals surface area contributed by atoms with E-state index < -0.39 is 0 Å². The van der Waals surface area contributed by atoms with Crippen LogP contribution < -0.4 is 0 Å². The highest BCUT2D eigenvalue weighted by Gasteiger charge is 2.39. The van der Waals surface area contributed by atoms with Gasteiger partial charge in [0.25, 0.3) is 0 Å². The lowest BCUT2D eigenvalue weighted by Gasteiger charge is -2.36. The summed E-state index contributed by atoms with van der Waals surface area (Å²) in [5.41, 5.74) is 0.669. The first-order chi connectivity index (χ1) is 6.20. The molecule has 0 N–H and O–H groups in total. The van der Waals surface area contributed by atoms with Crippen LogP contribution in [0.2, 0.25) is 0 Å². The van der Waals surface area contributed by atoms with Crippen LogP contribution in [0.1, 0.15) is 65.2 Å². The number of hydrogen-bond acceptors (Lipinski definition) is 0. The number of rotatable bonds is 1. The topological polar surface area (TPSA) is 0 Å². The van der Waals surface area contributed by atoms with Gasteiger partial charge < -0.3 is 0 Å². The van der Waals surface area contributed by atoms with Crippen LogP contribution in [0, 0.1) is 17.3 Å². The van der Waals surface area contributed by atoms with Gasteiger partial charge in [-0.3, -0.25) is 0 Å². The molecule has 2 saturated carbocycles. The minimum Gasteiger partial charge on any atom is -0.0596 e. The normalized spacial score (nSPS) is 35.1. The lowest BCUT2D eigenvalue weighted by atomic mass is 9.69. The summed E-state index contributed by atoms with van der Waals surface area (Å²) in [7, 11) is 0. The Balaban J connectivity index is 1.98. The van der Waals surface area contributed by atoms with Crippen molar-refractivity contribution in [2.24, 2.45) is 17.3 Å². The second-order valence-electron chi connectivity index (χ2n) is 5.89. The molecule has 2 aliphatic carbocycles. The summed E-state index contributed by atoms with van der Waals surface area (Å²) in [6.45, 7) is 5.00. The fraction of sp³-hybridized carbons (Fsp3) is 1.00. The summed E-state index contributed by atoms with van der Waals surface area (Å²) >= 11 is 0. The Kier molecular flexibility index (Phi) is 2.67. The van der Waals surface area contributed by atoms with Crippen LogP contribution in [0.15, 0.2) is 0 Å². The monoisotopic (exact) mass is 180 g/mol. The Morgan fingerprint density at radius 2 is 1.54 bits per heavy atom. The van der Waals surface area contributed by atoms with Crippen molar-refractivity contribution in [3.05, 3.63) is 0 Å². The fourth-order valence-corrected chi connectivity index (χ4v) is 3.76. The van der Waals surface area contributed by atoms with E-state index in [2.05, 4.69) is 13.8 Å². The highest BCUT2D eigenvalue weighted by molar-refractivity contribution is 4.89. The van der Waals surface area contributed by atoms with Gasteiger partial charge >= 0.3 is 0 Å². The molecule has 0 nitrogen and oxygen atoms in total. The van der Waals surface area contributed by atoms with Gasteiger partial charge in [0.15, 0.2) is 0 Å². The van der Waals surface area contributed by atoms with Gasteiger partial charge in [-0.05, 0) is 30.1 Å². The van der Waals surface area contributed by atoms with Crippen molar-refractivity contribution in [3.8, 4) is 0 Å². The van der Waals surface area contributed by atoms with Crippen molar-refractivity contribution in [2.75, 3.05) is 0 Å². The summed E-state index contributed by atoms with van der Waals surface area (Å²) in [5.74, 6) is 2.15. The van der Waals surface area contributed by atoms with E-state index in [1.165, 1.54) is 51.4 Å². The molecule has 0 heterocycles. The Labute approximate surface area is 83.1 Å². The van der Waals surface area contributed by atoms with E-state index >= 15 is 0 Å². The summed E-state index contributed by atoms with van der Waals surface area (Å²) in [5, 5.41) is 0. The first-order valence-corrected chi connectivity index (χ1v) is 6.20. The molecule has 76 valence electrons. The molecule has 0 aliphatic heterocycles. The largest absolute Gasteiger partial charge is 0.0596 e. The molecule has 0 aromatic heterocycles. The van der Waals surface area contributed by atoms with Crippen LogP contribution in [0.4, 0.5) is 0 Å². The maximum atomic E-state index is 2.50. The van der Waals surface area contributed by atoms with Crippen LogP contribution in [0.3, 0.4) is 0 Å². The van der Waals surface area contributed by atoms with Crippen molar-refractivity contribution in [1.29, 1.82) is 0 Å². The van der Waals surface area contributed by atoms with Gasteiger partial charge in [-0.25, -0.2) is 0 Å². The molecule has 1 unspecified atom stereocenters. The molecule has 13 heavy (non-hydrogen) atoms. The lowest BCUT2D eigenvalue weighted by molar-refractivity contribution is 0.141. The van der Waals surface area contributed by atoms with Gasteiger partial charge in [0.1, 0.15) is 0 Å². The summed E-state index contributed by atoms with van der Waals surface area (Å²) in [6.07, 6.45) is 12.1. The standard InChI is InChI=1S/C13H24/c1-13(2)10-6-9-12(13)11-7-4-3-5-8-11/h11-12H,3-10H2,1-2H3.